The number of anilines is 1. The lowest BCUT2D eigenvalue weighted by molar-refractivity contribution is -0.144. The summed E-state index contributed by atoms with van der Waals surface area (Å²) in [5.41, 5.74) is 6.43. The van der Waals surface area contributed by atoms with Crippen molar-refractivity contribution in [2.75, 3.05) is 12.3 Å². The molecule has 6 aliphatic rings. The Morgan fingerprint density at radius 2 is 1.94 bits per heavy atom. The summed E-state index contributed by atoms with van der Waals surface area (Å²) in [6, 6.07) is 0. The smallest absolute Gasteiger partial charge is 0.226 e. The molecule has 0 spiro atoms. The number of nitrogen functional groups attached to an aromatic ring is 1. The van der Waals surface area contributed by atoms with Gasteiger partial charge in [-0.2, -0.15) is 0 Å². The van der Waals surface area contributed by atoms with Crippen LogP contribution >= 0.6 is 0 Å². The lowest BCUT2D eigenvalue weighted by Gasteiger charge is -2.52. The molecule has 1 aliphatic heterocycles. The molecule has 10 heteroatoms. The zero-order chi connectivity index (χ0) is 21.8. The van der Waals surface area contributed by atoms with Crippen LogP contribution in [0.4, 0.5) is 5.82 Å². The van der Waals surface area contributed by atoms with Gasteiger partial charge in [-0.15, -0.1) is 0 Å². The number of ether oxygens (including phenoxy) is 1. The first-order valence-electron chi connectivity index (χ1n) is 11.7. The summed E-state index contributed by atoms with van der Waals surface area (Å²) in [5.74, 6) is 4.22. The van der Waals surface area contributed by atoms with E-state index in [9.17, 15) is 15.0 Å². The molecule has 7 unspecified atom stereocenters. The number of carbonyl (C=O) groups excluding carboxylic acids is 1. The van der Waals surface area contributed by atoms with Gasteiger partial charge in [-0.25, -0.2) is 15.0 Å². The maximum Gasteiger partial charge on any atom is 0.226 e. The number of nitrogens with zero attached hydrogens (tertiary/aromatic N) is 4. The minimum atomic E-state index is -1.18. The monoisotopic (exact) mass is 440 g/mol. The number of aliphatic hydroxyl groups excluding tert-OH is 2. The molecule has 10 nitrogen and oxygen atoms in total. The van der Waals surface area contributed by atoms with Crippen molar-refractivity contribution in [3.63, 3.8) is 0 Å². The second-order valence-electron chi connectivity index (χ2n) is 10.7. The van der Waals surface area contributed by atoms with Crippen LogP contribution in [0.15, 0.2) is 12.7 Å². The fourth-order valence-corrected chi connectivity index (χ4v) is 8.23. The first-order valence-corrected chi connectivity index (χ1v) is 11.7. The van der Waals surface area contributed by atoms with Crippen LogP contribution in [0.2, 0.25) is 0 Å². The Hall–Kier alpha value is -2.30. The summed E-state index contributed by atoms with van der Waals surface area (Å²) in [5, 5.41) is 24.4. The van der Waals surface area contributed by atoms with Gasteiger partial charge in [-0.3, -0.25) is 9.36 Å². The number of nitrogens with one attached hydrogen (secondary N) is 1. The van der Waals surface area contributed by atoms with Crippen LogP contribution in [0.5, 0.6) is 0 Å². The lowest BCUT2D eigenvalue weighted by atomic mass is 9.53. The van der Waals surface area contributed by atoms with Gasteiger partial charge in [-0.05, 0) is 61.7 Å². The lowest BCUT2D eigenvalue weighted by Crippen LogP contribution is -2.54. The molecule has 170 valence electrons. The zero-order valence-electron chi connectivity index (χ0n) is 17.7. The molecule has 0 radical (unpaired) electrons. The molecule has 2 aromatic heterocycles. The Kier molecular flexibility index (Phi) is 3.83. The summed E-state index contributed by atoms with van der Waals surface area (Å²) in [7, 11) is 0. The summed E-state index contributed by atoms with van der Waals surface area (Å²) < 4.78 is 7.53. The maximum atomic E-state index is 13.4. The van der Waals surface area contributed by atoms with Crippen LogP contribution < -0.4 is 11.1 Å². The Balaban J connectivity index is 1.07. The zero-order valence-corrected chi connectivity index (χ0v) is 17.7. The van der Waals surface area contributed by atoms with Crippen LogP contribution in [-0.2, 0) is 9.53 Å². The second-order valence-corrected chi connectivity index (χ2v) is 10.7. The van der Waals surface area contributed by atoms with Crippen LogP contribution in [0.1, 0.15) is 38.3 Å². The summed E-state index contributed by atoms with van der Waals surface area (Å²) in [6.45, 7) is 0.159. The minimum Gasteiger partial charge on any atom is -0.387 e. The molecular weight excluding hydrogens is 412 g/mol. The van der Waals surface area contributed by atoms with Gasteiger partial charge < -0.3 is 26.0 Å². The van der Waals surface area contributed by atoms with Crippen molar-refractivity contribution in [2.24, 2.45) is 35.0 Å². The largest absolute Gasteiger partial charge is 0.387 e. The van der Waals surface area contributed by atoms with Crippen molar-refractivity contribution in [1.29, 1.82) is 0 Å². The molecule has 6 bridgehead atoms. The first kappa shape index (κ1) is 19.2. The van der Waals surface area contributed by atoms with Crippen molar-refractivity contribution in [1.82, 2.24) is 24.8 Å². The topological polar surface area (TPSA) is 148 Å². The van der Waals surface area contributed by atoms with E-state index >= 15 is 0 Å². The van der Waals surface area contributed by atoms with Gasteiger partial charge in [0.1, 0.15) is 30.2 Å². The highest BCUT2D eigenvalue weighted by atomic mass is 16.6. The number of hydrogen-bond donors (Lipinski definition) is 4. The van der Waals surface area contributed by atoms with Crippen LogP contribution in [-0.4, -0.2) is 60.5 Å². The Bertz CT molecular complexity index is 1090. The van der Waals surface area contributed by atoms with Crippen molar-refractivity contribution in [2.45, 2.75) is 56.6 Å². The Morgan fingerprint density at radius 1 is 1.16 bits per heavy atom. The summed E-state index contributed by atoms with van der Waals surface area (Å²) >= 11 is 0. The molecule has 1 amide bonds. The van der Waals surface area contributed by atoms with Gasteiger partial charge in [0.05, 0.1) is 11.7 Å². The number of aromatic nitrogens is 4. The Labute approximate surface area is 184 Å². The summed E-state index contributed by atoms with van der Waals surface area (Å²) in [6.07, 6.45) is 4.52. The molecule has 6 fully saturated rings. The quantitative estimate of drug-likeness (QED) is 0.527. The number of hydrogen-bond acceptors (Lipinski definition) is 8. The fourth-order valence-electron chi connectivity index (χ4n) is 8.23. The van der Waals surface area contributed by atoms with Crippen molar-refractivity contribution in [3.8, 4) is 0 Å². The van der Waals surface area contributed by atoms with E-state index in [-0.39, 0.29) is 23.7 Å². The van der Waals surface area contributed by atoms with Crippen LogP contribution in [0.3, 0.4) is 0 Å². The van der Waals surface area contributed by atoms with E-state index in [1.54, 1.807) is 4.57 Å². The molecule has 2 aromatic rings. The van der Waals surface area contributed by atoms with Gasteiger partial charge >= 0.3 is 0 Å². The van der Waals surface area contributed by atoms with E-state index in [0.717, 1.165) is 48.9 Å². The van der Waals surface area contributed by atoms with E-state index in [4.69, 9.17) is 10.5 Å². The van der Waals surface area contributed by atoms with Crippen molar-refractivity contribution < 1.29 is 19.7 Å². The first-order chi connectivity index (χ1) is 15.4. The normalized spacial score (nSPS) is 45.9. The Morgan fingerprint density at radius 3 is 2.69 bits per heavy atom. The molecule has 7 atom stereocenters. The number of imidazole rings is 1. The number of aliphatic hydroxyl groups is 2. The molecule has 8 rings (SSSR count). The van der Waals surface area contributed by atoms with E-state index in [1.165, 1.54) is 25.5 Å². The molecule has 32 heavy (non-hydrogen) atoms. The maximum absolute atomic E-state index is 13.4. The minimum absolute atomic E-state index is 0.0977. The average Bonchev–Trinajstić information content (AvgIpc) is 3.47. The molecular formula is C22H28N6O4. The summed E-state index contributed by atoms with van der Waals surface area (Å²) in [4.78, 5) is 25.7. The van der Waals surface area contributed by atoms with Gasteiger partial charge in [-0.1, -0.05) is 0 Å². The SMILES string of the molecule is Nc1ncnc2c1ncn2C1OC(CNC(=O)C23CC4CC5CC(C2)C4C5C3)C(O)C1O. The van der Waals surface area contributed by atoms with Gasteiger partial charge in [0, 0.05) is 6.54 Å². The number of nitrogens with two attached hydrogens (primary N) is 1. The third-order valence-corrected chi connectivity index (χ3v) is 9.28. The number of rotatable bonds is 4. The van der Waals surface area contributed by atoms with Crippen LogP contribution in [0.25, 0.3) is 11.2 Å². The number of amides is 1. The molecule has 3 heterocycles. The van der Waals surface area contributed by atoms with E-state index in [2.05, 4.69) is 20.3 Å². The predicted octanol–water partition coefficient (Wildman–Crippen LogP) is 0.216. The highest BCUT2D eigenvalue weighted by Crippen LogP contribution is 2.72. The van der Waals surface area contributed by atoms with Gasteiger partial charge in [0.2, 0.25) is 5.91 Å². The molecule has 0 aromatic carbocycles. The molecule has 5 saturated carbocycles. The van der Waals surface area contributed by atoms with Gasteiger partial charge in [0.15, 0.2) is 17.7 Å². The third kappa shape index (κ3) is 2.40. The average molecular weight is 441 g/mol. The fraction of sp³-hybridized carbons (Fsp3) is 0.727. The standard InChI is InChI=1S/C22H28N6O4/c23-18-15-19(26-7-25-18)28(8-27-15)20-17(30)16(29)13(32-20)6-24-21(31)22-3-10-1-9-2-11(4-22)14(10)12(9)5-22/h7-14,16-17,20,29-30H,1-6H2,(H,24,31)(H2,23,25,26). The predicted molar refractivity (Wildman–Crippen MR) is 112 cm³/mol. The van der Waals surface area contributed by atoms with Crippen molar-refractivity contribution in [3.05, 3.63) is 12.7 Å². The third-order valence-electron chi connectivity index (χ3n) is 9.28. The van der Waals surface area contributed by atoms with Crippen molar-refractivity contribution >= 4 is 22.9 Å². The van der Waals surface area contributed by atoms with Crippen LogP contribution in [0, 0.1) is 35.0 Å². The van der Waals surface area contributed by atoms with E-state index in [0.29, 0.717) is 11.2 Å². The number of fused-ring (bicyclic) bond motifs is 1. The molecule has 5 N–H and O–H groups in total. The number of carbonyl (C=O) groups is 1. The van der Waals surface area contributed by atoms with E-state index in [1.807, 2.05) is 0 Å². The van der Waals surface area contributed by atoms with Gasteiger partial charge in [0.25, 0.3) is 0 Å². The molecule has 1 saturated heterocycles. The highest BCUT2D eigenvalue weighted by Gasteiger charge is 2.67. The van der Waals surface area contributed by atoms with E-state index < -0.39 is 24.5 Å². The second kappa shape index (κ2) is 6.39. The molecule has 5 aliphatic carbocycles. The highest BCUT2D eigenvalue weighted by molar-refractivity contribution is 5.83.